The molecule has 108 valence electrons. The lowest BCUT2D eigenvalue weighted by Gasteiger charge is -2.05. The van der Waals surface area contributed by atoms with Gasteiger partial charge in [-0.3, -0.25) is 4.79 Å². The van der Waals surface area contributed by atoms with Gasteiger partial charge in [-0.1, -0.05) is 11.8 Å². The van der Waals surface area contributed by atoms with E-state index >= 15 is 0 Å². The third kappa shape index (κ3) is 4.42. The number of aliphatic hydroxyl groups excluding tert-OH is 1. The lowest BCUT2D eigenvalue weighted by atomic mass is 10.1. The molecule has 0 aliphatic carbocycles. The first-order valence-electron chi connectivity index (χ1n) is 6.53. The van der Waals surface area contributed by atoms with Crippen LogP contribution in [0, 0.1) is 25.7 Å². The number of rotatable bonds is 3. The van der Waals surface area contributed by atoms with Crippen LogP contribution in [-0.2, 0) is 0 Å². The van der Waals surface area contributed by atoms with E-state index in [4.69, 9.17) is 5.11 Å². The highest BCUT2D eigenvalue weighted by molar-refractivity contribution is 7.09. The van der Waals surface area contributed by atoms with Crippen molar-refractivity contribution in [3.05, 3.63) is 45.4 Å². The molecule has 0 saturated carbocycles. The summed E-state index contributed by atoms with van der Waals surface area (Å²) in [4.78, 5) is 16.2. The molecule has 0 atom stereocenters. The zero-order chi connectivity index (χ0) is 15.2. The Morgan fingerprint density at radius 3 is 2.86 bits per heavy atom. The minimum absolute atomic E-state index is 0.0472. The van der Waals surface area contributed by atoms with Crippen LogP contribution in [0.15, 0.2) is 23.6 Å². The second-order valence-electron chi connectivity index (χ2n) is 4.57. The van der Waals surface area contributed by atoms with Crippen LogP contribution in [0.2, 0.25) is 0 Å². The molecule has 4 nitrogen and oxygen atoms in total. The third-order valence-electron chi connectivity index (χ3n) is 2.66. The van der Waals surface area contributed by atoms with E-state index in [2.05, 4.69) is 22.1 Å². The summed E-state index contributed by atoms with van der Waals surface area (Å²) >= 11 is 1.45. The van der Waals surface area contributed by atoms with Gasteiger partial charge >= 0.3 is 0 Å². The molecule has 0 unspecified atom stereocenters. The molecule has 1 aromatic carbocycles. The van der Waals surface area contributed by atoms with Gasteiger partial charge in [0.15, 0.2) is 0 Å². The molecule has 0 radical (unpaired) electrons. The fourth-order valence-electron chi connectivity index (χ4n) is 1.81. The third-order valence-corrected chi connectivity index (χ3v) is 3.43. The summed E-state index contributed by atoms with van der Waals surface area (Å²) in [6.45, 7) is 3.86. The van der Waals surface area contributed by atoms with Gasteiger partial charge in [-0.2, -0.15) is 0 Å². The molecule has 1 amide bonds. The largest absolute Gasteiger partial charge is 0.395 e. The summed E-state index contributed by atoms with van der Waals surface area (Å²) in [5.74, 6) is 5.62. The number of carbonyl (C=O) groups is 1. The van der Waals surface area contributed by atoms with Crippen molar-refractivity contribution in [3.63, 3.8) is 0 Å². The molecule has 0 fully saturated rings. The average molecular weight is 300 g/mol. The molecule has 5 heteroatoms. The average Bonchev–Trinajstić information content (AvgIpc) is 2.85. The predicted molar refractivity (Wildman–Crippen MR) is 84.6 cm³/mol. The Balaban J connectivity index is 2.17. The molecule has 2 rings (SSSR count). The number of nitrogens with one attached hydrogen (secondary N) is 1. The Kier molecular flexibility index (Phi) is 5.09. The van der Waals surface area contributed by atoms with Gasteiger partial charge in [-0.25, -0.2) is 4.98 Å². The van der Waals surface area contributed by atoms with Gasteiger partial charge in [0.25, 0.3) is 5.91 Å². The number of nitrogens with zero attached hydrogens (tertiary/aromatic N) is 1. The Bertz CT molecular complexity index is 711. The highest BCUT2D eigenvalue weighted by atomic mass is 32.1. The Labute approximate surface area is 127 Å². The van der Waals surface area contributed by atoms with Crippen molar-refractivity contribution in [2.24, 2.45) is 0 Å². The molecule has 1 heterocycles. The molecule has 0 aliphatic rings. The lowest BCUT2D eigenvalue weighted by Crippen LogP contribution is -2.12. The van der Waals surface area contributed by atoms with E-state index in [1.807, 2.05) is 32.0 Å². The smallest absolute Gasteiger partial charge is 0.275 e. The van der Waals surface area contributed by atoms with Gasteiger partial charge in [-0.05, 0) is 37.6 Å². The van der Waals surface area contributed by atoms with Crippen molar-refractivity contribution in [1.82, 2.24) is 4.98 Å². The van der Waals surface area contributed by atoms with Gasteiger partial charge in [0.05, 0.1) is 11.6 Å². The highest BCUT2D eigenvalue weighted by Crippen LogP contribution is 2.16. The van der Waals surface area contributed by atoms with Crippen molar-refractivity contribution in [1.29, 1.82) is 0 Å². The molecule has 21 heavy (non-hydrogen) atoms. The number of anilines is 1. The number of aliphatic hydroxyl groups is 1. The lowest BCUT2D eigenvalue weighted by molar-refractivity contribution is 0.102. The summed E-state index contributed by atoms with van der Waals surface area (Å²) < 4.78 is 0. The molecule has 0 bridgehead atoms. The number of aromatic nitrogens is 1. The van der Waals surface area contributed by atoms with E-state index in [0.29, 0.717) is 17.8 Å². The number of hydrogen-bond donors (Lipinski definition) is 2. The van der Waals surface area contributed by atoms with Crippen molar-refractivity contribution in [2.45, 2.75) is 20.3 Å². The maximum atomic E-state index is 12.1. The van der Waals surface area contributed by atoms with Crippen LogP contribution in [0.5, 0.6) is 0 Å². The number of carbonyl (C=O) groups excluding carboxylic acids is 1. The predicted octanol–water partition coefficient (Wildman–Crippen LogP) is 2.75. The van der Waals surface area contributed by atoms with Gasteiger partial charge < -0.3 is 10.4 Å². The fraction of sp³-hybridized carbons (Fsp3) is 0.250. The zero-order valence-corrected chi connectivity index (χ0v) is 12.8. The molecular formula is C16H16N2O2S. The zero-order valence-electron chi connectivity index (χ0n) is 11.9. The fourth-order valence-corrected chi connectivity index (χ4v) is 2.40. The first-order valence-corrected chi connectivity index (χ1v) is 7.41. The first-order chi connectivity index (χ1) is 10.1. The van der Waals surface area contributed by atoms with Crippen molar-refractivity contribution in [3.8, 4) is 11.8 Å². The van der Waals surface area contributed by atoms with Gasteiger partial charge in [0, 0.05) is 23.1 Å². The number of hydrogen-bond acceptors (Lipinski definition) is 4. The summed E-state index contributed by atoms with van der Waals surface area (Å²) in [7, 11) is 0. The maximum Gasteiger partial charge on any atom is 0.275 e. The van der Waals surface area contributed by atoms with Crippen LogP contribution >= 0.6 is 11.3 Å². The monoisotopic (exact) mass is 300 g/mol. The van der Waals surface area contributed by atoms with Gasteiger partial charge in [0.1, 0.15) is 5.69 Å². The van der Waals surface area contributed by atoms with Crippen LogP contribution in [0.3, 0.4) is 0 Å². The SMILES string of the molecule is Cc1cc(C#CCCO)cc(NC(=O)c2csc(C)n2)c1. The second-order valence-corrected chi connectivity index (χ2v) is 5.63. The van der Waals surface area contributed by atoms with Crippen molar-refractivity contribution in [2.75, 3.05) is 11.9 Å². The molecular weight excluding hydrogens is 284 g/mol. The van der Waals surface area contributed by atoms with Crippen molar-refractivity contribution < 1.29 is 9.90 Å². The minimum Gasteiger partial charge on any atom is -0.395 e. The molecule has 1 aromatic heterocycles. The normalized spacial score (nSPS) is 9.86. The molecule has 2 aromatic rings. The number of amides is 1. The standard InChI is InChI=1S/C16H16N2O2S/c1-11-7-13(5-3-4-6-19)9-14(8-11)18-16(20)15-10-21-12(2)17-15/h7-10,19H,4,6H2,1-2H3,(H,18,20). The molecule has 2 N–H and O–H groups in total. The van der Waals surface area contributed by atoms with Crippen LogP contribution in [0.1, 0.15) is 33.0 Å². The highest BCUT2D eigenvalue weighted by Gasteiger charge is 2.10. The van der Waals surface area contributed by atoms with E-state index < -0.39 is 0 Å². The van der Waals surface area contributed by atoms with Crippen LogP contribution in [0.4, 0.5) is 5.69 Å². The molecule has 0 spiro atoms. The number of benzene rings is 1. The van der Waals surface area contributed by atoms with E-state index in [1.54, 1.807) is 5.38 Å². The topological polar surface area (TPSA) is 62.2 Å². The molecule has 0 saturated heterocycles. The van der Waals surface area contributed by atoms with E-state index in [1.165, 1.54) is 11.3 Å². The maximum absolute atomic E-state index is 12.1. The molecule has 0 aliphatic heterocycles. The summed E-state index contributed by atoms with van der Waals surface area (Å²) in [5, 5.41) is 14.2. The van der Waals surface area contributed by atoms with Crippen LogP contribution in [0.25, 0.3) is 0 Å². The van der Waals surface area contributed by atoms with Crippen LogP contribution in [-0.4, -0.2) is 22.6 Å². The van der Waals surface area contributed by atoms with E-state index in [-0.39, 0.29) is 12.5 Å². The van der Waals surface area contributed by atoms with Crippen LogP contribution < -0.4 is 5.32 Å². The van der Waals surface area contributed by atoms with Gasteiger partial charge in [-0.15, -0.1) is 11.3 Å². The quantitative estimate of drug-likeness (QED) is 0.857. The Morgan fingerprint density at radius 1 is 1.38 bits per heavy atom. The minimum atomic E-state index is -0.223. The second kappa shape index (κ2) is 7.02. The number of aryl methyl sites for hydroxylation is 2. The van der Waals surface area contributed by atoms with Gasteiger partial charge in [0.2, 0.25) is 0 Å². The first kappa shape index (κ1) is 15.2. The summed E-state index contributed by atoms with van der Waals surface area (Å²) in [6.07, 6.45) is 0.438. The summed E-state index contributed by atoms with van der Waals surface area (Å²) in [6, 6.07) is 5.63. The Morgan fingerprint density at radius 2 is 2.19 bits per heavy atom. The summed E-state index contributed by atoms with van der Waals surface area (Å²) in [5.41, 5.74) is 2.94. The number of thiazole rings is 1. The van der Waals surface area contributed by atoms with E-state index in [0.717, 1.165) is 16.1 Å². The van der Waals surface area contributed by atoms with E-state index in [9.17, 15) is 4.79 Å². The van der Waals surface area contributed by atoms with Crippen molar-refractivity contribution >= 4 is 22.9 Å². The Hall–Kier alpha value is -2.16.